The van der Waals surface area contributed by atoms with Crippen LogP contribution >= 0.6 is 0 Å². The molecule has 1 aliphatic rings. The summed E-state index contributed by atoms with van der Waals surface area (Å²) in [6.45, 7) is 6.04. The number of nitrogens with one attached hydrogen (secondary N) is 1. The molecule has 0 aromatic carbocycles. The van der Waals surface area contributed by atoms with E-state index in [-0.39, 0.29) is 5.91 Å². The van der Waals surface area contributed by atoms with E-state index in [9.17, 15) is 4.79 Å². The number of rotatable bonds is 6. The van der Waals surface area contributed by atoms with Gasteiger partial charge in [0.1, 0.15) is 5.82 Å². The van der Waals surface area contributed by atoms with Crippen LogP contribution < -0.4 is 0 Å². The largest absolute Gasteiger partial charge is 0.342 e. The molecule has 0 bridgehead atoms. The molecule has 2 rings (SSSR count). The highest BCUT2D eigenvalue weighted by atomic mass is 16.2. The van der Waals surface area contributed by atoms with Gasteiger partial charge < -0.3 is 4.90 Å². The Labute approximate surface area is 108 Å². The molecular formula is C13H22N4O. The molecule has 1 saturated heterocycles. The molecule has 1 atom stereocenters. The van der Waals surface area contributed by atoms with E-state index < -0.39 is 0 Å². The molecule has 0 radical (unpaired) electrons. The molecule has 2 heterocycles. The number of amides is 1. The molecule has 5 heteroatoms. The molecule has 0 unspecified atom stereocenters. The standard InChI is InChI=1S/C13H22N4O/c1-3-10(2)9-12-14-11(15-16-12)6-8-17-7-4-5-13(17)18/h10H,3-9H2,1-2H3,(H,14,15,16)/t10-/m1/s1. The lowest BCUT2D eigenvalue weighted by atomic mass is 10.1. The fourth-order valence-corrected chi connectivity index (χ4v) is 2.19. The lowest BCUT2D eigenvalue weighted by molar-refractivity contribution is -0.127. The van der Waals surface area contributed by atoms with Gasteiger partial charge in [0.05, 0.1) is 0 Å². The lowest BCUT2D eigenvalue weighted by Crippen LogP contribution is -2.27. The fourth-order valence-electron chi connectivity index (χ4n) is 2.19. The van der Waals surface area contributed by atoms with Gasteiger partial charge in [-0.3, -0.25) is 9.89 Å². The Balaban J connectivity index is 1.81. The Morgan fingerprint density at radius 3 is 3.00 bits per heavy atom. The number of hydrogen-bond acceptors (Lipinski definition) is 3. The van der Waals surface area contributed by atoms with E-state index >= 15 is 0 Å². The minimum atomic E-state index is 0.269. The van der Waals surface area contributed by atoms with Crippen molar-refractivity contribution in [3.63, 3.8) is 0 Å². The number of aromatic amines is 1. The Hall–Kier alpha value is -1.39. The number of carbonyl (C=O) groups is 1. The summed E-state index contributed by atoms with van der Waals surface area (Å²) < 4.78 is 0. The number of carbonyl (C=O) groups excluding carboxylic acids is 1. The fraction of sp³-hybridized carbons (Fsp3) is 0.769. The van der Waals surface area contributed by atoms with E-state index in [2.05, 4.69) is 29.0 Å². The van der Waals surface area contributed by atoms with Crippen molar-refractivity contribution in [3.05, 3.63) is 11.6 Å². The summed E-state index contributed by atoms with van der Waals surface area (Å²) in [7, 11) is 0. The average Bonchev–Trinajstić information content (AvgIpc) is 2.96. The first-order valence-corrected chi connectivity index (χ1v) is 6.87. The molecule has 0 aliphatic carbocycles. The Morgan fingerprint density at radius 2 is 2.33 bits per heavy atom. The van der Waals surface area contributed by atoms with Crippen molar-refractivity contribution in [1.29, 1.82) is 0 Å². The molecule has 1 aliphatic heterocycles. The normalized spacial score (nSPS) is 17.4. The quantitative estimate of drug-likeness (QED) is 0.833. The summed E-state index contributed by atoms with van der Waals surface area (Å²) in [5.41, 5.74) is 0. The van der Waals surface area contributed by atoms with Crippen LogP contribution in [0, 0.1) is 5.92 Å². The minimum Gasteiger partial charge on any atom is -0.342 e. The van der Waals surface area contributed by atoms with Crippen molar-refractivity contribution in [1.82, 2.24) is 20.1 Å². The molecule has 1 N–H and O–H groups in total. The van der Waals surface area contributed by atoms with Crippen LogP contribution in [0.3, 0.4) is 0 Å². The summed E-state index contributed by atoms with van der Waals surface area (Å²) in [5.74, 6) is 2.69. The van der Waals surface area contributed by atoms with E-state index in [1.807, 2.05) is 4.90 Å². The SMILES string of the molecule is CC[C@@H](C)Cc1nc(CCN2CCCC2=O)n[nH]1. The van der Waals surface area contributed by atoms with Crippen LogP contribution in [0.1, 0.15) is 44.8 Å². The Kier molecular flexibility index (Phi) is 4.33. The van der Waals surface area contributed by atoms with Crippen LogP contribution in [0.15, 0.2) is 0 Å². The maximum absolute atomic E-state index is 11.5. The van der Waals surface area contributed by atoms with Gasteiger partial charge >= 0.3 is 0 Å². The van der Waals surface area contributed by atoms with Gasteiger partial charge in [-0.15, -0.1) is 0 Å². The molecule has 0 spiro atoms. The van der Waals surface area contributed by atoms with E-state index in [4.69, 9.17) is 0 Å². The van der Waals surface area contributed by atoms with Crippen molar-refractivity contribution in [2.75, 3.05) is 13.1 Å². The average molecular weight is 250 g/mol. The highest BCUT2D eigenvalue weighted by molar-refractivity contribution is 5.78. The maximum atomic E-state index is 11.5. The smallest absolute Gasteiger partial charge is 0.222 e. The van der Waals surface area contributed by atoms with Crippen molar-refractivity contribution in [3.8, 4) is 0 Å². The molecule has 1 amide bonds. The summed E-state index contributed by atoms with van der Waals surface area (Å²) in [6, 6.07) is 0. The predicted octanol–water partition coefficient (Wildman–Crippen LogP) is 1.56. The second-order valence-electron chi connectivity index (χ2n) is 5.15. The minimum absolute atomic E-state index is 0.269. The molecular weight excluding hydrogens is 228 g/mol. The van der Waals surface area contributed by atoms with E-state index in [1.54, 1.807) is 0 Å². The number of aromatic nitrogens is 3. The van der Waals surface area contributed by atoms with Crippen LogP contribution in [0.5, 0.6) is 0 Å². The van der Waals surface area contributed by atoms with Crippen molar-refractivity contribution in [2.45, 2.75) is 46.0 Å². The van der Waals surface area contributed by atoms with Gasteiger partial charge in [-0.25, -0.2) is 4.98 Å². The summed E-state index contributed by atoms with van der Waals surface area (Å²) in [6.07, 6.45) is 4.55. The van der Waals surface area contributed by atoms with Crippen LogP contribution in [-0.2, 0) is 17.6 Å². The first-order chi connectivity index (χ1) is 8.69. The number of H-pyrrole nitrogens is 1. The highest BCUT2D eigenvalue weighted by Gasteiger charge is 2.20. The highest BCUT2D eigenvalue weighted by Crippen LogP contribution is 2.11. The van der Waals surface area contributed by atoms with E-state index in [1.165, 1.54) is 0 Å². The zero-order valence-corrected chi connectivity index (χ0v) is 11.3. The third kappa shape index (κ3) is 3.31. The first kappa shape index (κ1) is 13.1. The van der Waals surface area contributed by atoms with E-state index in [0.29, 0.717) is 12.3 Å². The topological polar surface area (TPSA) is 61.9 Å². The van der Waals surface area contributed by atoms with Gasteiger partial charge in [-0.05, 0) is 12.3 Å². The third-order valence-corrected chi connectivity index (χ3v) is 3.59. The van der Waals surface area contributed by atoms with Crippen molar-refractivity contribution >= 4 is 5.91 Å². The van der Waals surface area contributed by atoms with Gasteiger partial charge in [0.25, 0.3) is 0 Å². The number of likely N-dealkylation sites (tertiary alicyclic amines) is 1. The zero-order valence-electron chi connectivity index (χ0n) is 11.3. The van der Waals surface area contributed by atoms with Crippen LogP contribution in [0.2, 0.25) is 0 Å². The van der Waals surface area contributed by atoms with Crippen molar-refractivity contribution in [2.24, 2.45) is 5.92 Å². The molecule has 1 aromatic rings. The molecule has 18 heavy (non-hydrogen) atoms. The Morgan fingerprint density at radius 1 is 1.50 bits per heavy atom. The third-order valence-electron chi connectivity index (χ3n) is 3.59. The number of nitrogens with zero attached hydrogens (tertiary/aromatic N) is 3. The second kappa shape index (κ2) is 5.98. The molecule has 100 valence electrons. The first-order valence-electron chi connectivity index (χ1n) is 6.87. The van der Waals surface area contributed by atoms with Crippen LogP contribution in [-0.4, -0.2) is 39.1 Å². The van der Waals surface area contributed by atoms with Gasteiger partial charge in [-0.2, -0.15) is 5.10 Å². The van der Waals surface area contributed by atoms with Gasteiger partial charge in [0.2, 0.25) is 5.91 Å². The summed E-state index contributed by atoms with van der Waals surface area (Å²) in [4.78, 5) is 17.8. The van der Waals surface area contributed by atoms with Crippen molar-refractivity contribution < 1.29 is 4.79 Å². The second-order valence-corrected chi connectivity index (χ2v) is 5.15. The van der Waals surface area contributed by atoms with Crippen LogP contribution in [0.25, 0.3) is 0 Å². The van der Waals surface area contributed by atoms with Crippen LogP contribution in [0.4, 0.5) is 0 Å². The summed E-state index contributed by atoms with van der Waals surface area (Å²) >= 11 is 0. The summed E-state index contributed by atoms with van der Waals surface area (Å²) in [5, 5.41) is 7.21. The lowest BCUT2D eigenvalue weighted by Gasteiger charge is -2.13. The molecule has 1 aromatic heterocycles. The van der Waals surface area contributed by atoms with Gasteiger partial charge in [0.15, 0.2) is 5.82 Å². The Bertz CT molecular complexity index is 401. The van der Waals surface area contributed by atoms with E-state index in [0.717, 1.165) is 50.4 Å². The molecule has 5 nitrogen and oxygen atoms in total. The predicted molar refractivity (Wildman–Crippen MR) is 69.1 cm³/mol. The monoisotopic (exact) mass is 250 g/mol. The van der Waals surface area contributed by atoms with Gasteiger partial charge in [-0.1, -0.05) is 20.3 Å². The van der Waals surface area contributed by atoms with Gasteiger partial charge in [0, 0.05) is 32.4 Å². The molecule has 1 fully saturated rings. The maximum Gasteiger partial charge on any atom is 0.222 e. The number of hydrogen-bond donors (Lipinski definition) is 1. The zero-order chi connectivity index (χ0) is 13.0. The molecule has 0 saturated carbocycles.